The van der Waals surface area contributed by atoms with E-state index in [1.807, 2.05) is 0 Å². The maximum Gasteiger partial charge on any atom is 0.167 e. The van der Waals surface area contributed by atoms with Gasteiger partial charge in [0.15, 0.2) is 19.7 Å². The van der Waals surface area contributed by atoms with Crippen molar-refractivity contribution in [3.63, 3.8) is 0 Å². The van der Waals surface area contributed by atoms with Crippen LogP contribution in [-0.4, -0.2) is 39.5 Å². The highest BCUT2D eigenvalue weighted by Crippen LogP contribution is 2.34. The molecule has 1 fully saturated rings. The van der Waals surface area contributed by atoms with Gasteiger partial charge in [0.25, 0.3) is 0 Å². The topological polar surface area (TPSA) is 94.3 Å². The van der Waals surface area contributed by atoms with Crippen molar-refractivity contribution in [1.29, 1.82) is 0 Å². The highest BCUT2D eigenvalue weighted by molar-refractivity contribution is 7.95. The van der Waals surface area contributed by atoms with Gasteiger partial charge in [-0.3, -0.25) is 0 Å². The smallest absolute Gasteiger partial charge is 0.167 e. The Kier molecular flexibility index (Phi) is 3.20. The van der Waals surface area contributed by atoms with Crippen LogP contribution in [0.4, 0.5) is 0 Å². The maximum absolute atomic E-state index is 11.6. The van der Waals surface area contributed by atoms with Crippen LogP contribution in [0.1, 0.15) is 25.7 Å². The Balaban J connectivity index is 3.26. The molecule has 90 valence electrons. The Morgan fingerprint density at radius 2 is 1.67 bits per heavy atom. The first-order valence-electron chi connectivity index (χ1n) is 4.76. The number of nitrogens with two attached hydrogens (primary N) is 1. The average molecular weight is 255 g/mol. The molecule has 0 aromatic carbocycles. The summed E-state index contributed by atoms with van der Waals surface area (Å²) in [6.07, 6.45) is 4.00. The molecule has 0 heterocycles. The molecule has 15 heavy (non-hydrogen) atoms. The van der Waals surface area contributed by atoms with Crippen LogP contribution in [0.15, 0.2) is 0 Å². The fourth-order valence-electron chi connectivity index (χ4n) is 2.14. The lowest BCUT2D eigenvalue weighted by atomic mass is 9.95. The normalized spacial score (nSPS) is 33.9. The lowest BCUT2D eigenvalue weighted by molar-refractivity contribution is 0.380. The fraction of sp³-hybridized carbons (Fsp3) is 1.00. The Bertz CT molecular complexity index is 439. The molecule has 0 aromatic rings. The van der Waals surface area contributed by atoms with Crippen molar-refractivity contribution in [2.75, 3.05) is 12.5 Å². The monoisotopic (exact) mass is 255 g/mol. The molecule has 1 aliphatic carbocycles. The van der Waals surface area contributed by atoms with Gasteiger partial charge in [0.2, 0.25) is 0 Å². The first kappa shape index (κ1) is 12.9. The van der Waals surface area contributed by atoms with Gasteiger partial charge in [0, 0.05) is 12.5 Å². The van der Waals surface area contributed by atoms with E-state index >= 15 is 0 Å². The van der Waals surface area contributed by atoms with Crippen LogP contribution in [0.3, 0.4) is 0 Å². The highest BCUT2D eigenvalue weighted by Gasteiger charge is 2.50. The van der Waals surface area contributed by atoms with Gasteiger partial charge in [-0.2, -0.15) is 0 Å². The van der Waals surface area contributed by atoms with Crippen LogP contribution in [0, 0.1) is 0 Å². The maximum atomic E-state index is 11.6. The van der Waals surface area contributed by atoms with Crippen molar-refractivity contribution < 1.29 is 16.8 Å². The van der Waals surface area contributed by atoms with E-state index in [0.717, 1.165) is 12.5 Å². The second kappa shape index (κ2) is 3.71. The Morgan fingerprint density at radius 3 is 2.00 bits per heavy atom. The minimum absolute atomic E-state index is 0.226. The van der Waals surface area contributed by atoms with Crippen molar-refractivity contribution >= 4 is 19.7 Å². The van der Waals surface area contributed by atoms with Crippen LogP contribution < -0.4 is 5.73 Å². The lowest BCUT2D eigenvalue weighted by Gasteiger charge is -2.38. The molecule has 2 unspecified atom stereocenters. The van der Waals surface area contributed by atoms with Crippen molar-refractivity contribution in [3.8, 4) is 0 Å². The second-order valence-electron chi connectivity index (χ2n) is 4.29. The molecule has 2 N–H and O–H groups in total. The fourth-order valence-corrected chi connectivity index (χ4v) is 5.73. The van der Waals surface area contributed by atoms with E-state index in [-0.39, 0.29) is 6.42 Å². The quantitative estimate of drug-likeness (QED) is 0.729. The summed E-state index contributed by atoms with van der Waals surface area (Å²) in [5.74, 6) is 0. The van der Waals surface area contributed by atoms with Crippen LogP contribution in [-0.2, 0) is 19.7 Å². The highest BCUT2D eigenvalue weighted by atomic mass is 32.2. The molecule has 5 nitrogen and oxygen atoms in total. The summed E-state index contributed by atoms with van der Waals surface area (Å²) in [6.45, 7) is 0. The summed E-state index contributed by atoms with van der Waals surface area (Å²) < 4.78 is 46.2. The molecule has 0 bridgehead atoms. The molecule has 2 atom stereocenters. The van der Waals surface area contributed by atoms with Crippen molar-refractivity contribution in [3.05, 3.63) is 0 Å². The molecule has 0 saturated heterocycles. The Labute approximate surface area is 90.9 Å². The molecule has 0 aliphatic heterocycles. The SMILES string of the molecule is CS(=O)(=O)C1CCCCC1(N)S(C)(=O)=O. The number of rotatable bonds is 2. The second-order valence-corrected chi connectivity index (χ2v) is 8.82. The third kappa shape index (κ3) is 2.34. The zero-order valence-corrected chi connectivity index (χ0v) is 10.6. The van der Waals surface area contributed by atoms with Crippen molar-refractivity contribution in [2.24, 2.45) is 5.73 Å². The minimum atomic E-state index is -3.56. The van der Waals surface area contributed by atoms with E-state index < -0.39 is 29.8 Å². The third-order valence-corrected chi connectivity index (χ3v) is 6.74. The summed E-state index contributed by atoms with van der Waals surface area (Å²) in [5, 5.41) is -0.964. The largest absolute Gasteiger partial charge is 0.312 e. The molecule has 0 amide bonds. The molecular weight excluding hydrogens is 238 g/mol. The number of hydrogen-bond acceptors (Lipinski definition) is 5. The van der Waals surface area contributed by atoms with E-state index in [2.05, 4.69) is 0 Å². The van der Waals surface area contributed by atoms with E-state index in [9.17, 15) is 16.8 Å². The van der Waals surface area contributed by atoms with Gasteiger partial charge in [0.05, 0.1) is 5.25 Å². The van der Waals surface area contributed by atoms with E-state index in [1.54, 1.807) is 0 Å². The Morgan fingerprint density at radius 1 is 1.13 bits per heavy atom. The molecule has 0 spiro atoms. The van der Waals surface area contributed by atoms with Gasteiger partial charge in [0.1, 0.15) is 4.87 Å². The van der Waals surface area contributed by atoms with E-state index in [0.29, 0.717) is 19.3 Å². The molecule has 1 rings (SSSR count). The summed E-state index contributed by atoms with van der Waals surface area (Å²) in [5.41, 5.74) is 5.80. The van der Waals surface area contributed by atoms with Crippen molar-refractivity contribution in [1.82, 2.24) is 0 Å². The molecule has 1 aliphatic rings. The van der Waals surface area contributed by atoms with Crippen LogP contribution >= 0.6 is 0 Å². The number of sulfone groups is 2. The first-order valence-corrected chi connectivity index (χ1v) is 8.61. The standard InChI is InChI=1S/C8H17NO4S2/c1-14(10,11)7-5-3-4-6-8(7,9)15(2,12)13/h7H,3-6,9H2,1-2H3. The zero-order chi connectivity index (χ0) is 11.9. The van der Waals surface area contributed by atoms with E-state index in [1.165, 1.54) is 0 Å². The predicted molar refractivity (Wildman–Crippen MR) is 58.9 cm³/mol. The summed E-state index contributed by atoms with van der Waals surface area (Å²) >= 11 is 0. The molecule has 0 aromatic heterocycles. The minimum Gasteiger partial charge on any atom is -0.312 e. The first-order chi connectivity index (χ1) is 6.59. The molecular formula is C8H17NO4S2. The lowest BCUT2D eigenvalue weighted by Crippen LogP contribution is -2.60. The summed E-state index contributed by atoms with van der Waals surface area (Å²) in [7, 11) is -6.98. The number of hydrogen-bond donors (Lipinski definition) is 1. The van der Waals surface area contributed by atoms with Gasteiger partial charge in [-0.25, -0.2) is 16.8 Å². The summed E-state index contributed by atoms with van der Waals surface area (Å²) in [4.78, 5) is -1.60. The van der Waals surface area contributed by atoms with E-state index in [4.69, 9.17) is 5.73 Å². The van der Waals surface area contributed by atoms with Crippen molar-refractivity contribution in [2.45, 2.75) is 35.8 Å². The van der Waals surface area contributed by atoms with Gasteiger partial charge in [-0.15, -0.1) is 0 Å². The summed E-state index contributed by atoms with van der Waals surface area (Å²) in [6, 6.07) is 0. The molecule has 7 heteroatoms. The third-order valence-electron chi connectivity index (χ3n) is 3.04. The van der Waals surface area contributed by atoms with Gasteiger partial charge in [-0.1, -0.05) is 12.8 Å². The van der Waals surface area contributed by atoms with Crippen LogP contribution in [0.25, 0.3) is 0 Å². The molecule has 0 radical (unpaired) electrons. The van der Waals surface area contributed by atoms with Crippen LogP contribution in [0.5, 0.6) is 0 Å². The average Bonchev–Trinajstić information content (AvgIpc) is 2.00. The van der Waals surface area contributed by atoms with Gasteiger partial charge in [-0.05, 0) is 12.8 Å². The zero-order valence-electron chi connectivity index (χ0n) is 8.93. The van der Waals surface area contributed by atoms with Gasteiger partial charge >= 0.3 is 0 Å². The van der Waals surface area contributed by atoms with Crippen LogP contribution in [0.2, 0.25) is 0 Å². The van der Waals surface area contributed by atoms with Gasteiger partial charge < -0.3 is 5.73 Å². The predicted octanol–water partition coefficient (Wildman–Crippen LogP) is -0.327. The molecule has 1 saturated carbocycles. The Hall–Kier alpha value is -0.140.